The molecule has 1 fully saturated rings. The van der Waals surface area contributed by atoms with Gasteiger partial charge in [0.2, 0.25) is 0 Å². The molecule has 180 valence electrons. The molecule has 0 spiro atoms. The Morgan fingerprint density at radius 2 is 1.76 bits per heavy atom. The first-order chi connectivity index (χ1) is 15.9. The standard InChI is InChI=1S/C25H28N2O7/c1-14-16(10-7-11-18(14)28)22(31)26-17(12-15-8-5-4-6-9-15)20(30)23(32)27-13-19(29)25(2,3)21(27)24(33)34/h4-11,17,20-21,28,30H,12-13H2,1-3H3,(H,26,31)(H,33,34). The van der Waals surface area contributed by atoms with E-state index in [0.29, 0.717) is 5.56 Å². The van der Waals surface area contributed by atoms with Gasteiger partial charge in [-0.3, -0.25) is 14.4 Å². The van der Waals surface area contributed by atoms with Crippen LogP contribution in [0.25, 0.3) is 0 Å². The Kier molecular flexibility index (Phi) is 7.07. The van der Waals surface area contributed by atoms with Crippen LogP contribution < -0.4 is 5.32 Å². The molecule has 0 aliphatic carbocycles. The van der Waals surface area contributed by atoms with E-state index in [-0.39, 0.29) is 17.7 Å². The number of carboxylic acids is 1. The van der Waals surface area contributed by atoms with Gasteiger partial charge in [0.15, 0.2) is 11.9 Å². The molecule has 0 saturated carbocycles. The number of phenolic OH excluding ortho intramolecular Hbond substituents is 1. The van der Waals surface area contributed by atoms with Gasteiger partial charge in [-0.25, -0.2) is 4.79 Å². The van der Waals surface area contributed by atoms with E-state index in [2.05, 4.69) is 5.32 Å². The second-order valence-corrected chi connectivity index (χ2v) is 9.02. The molecule has 1 aliphatic heterocycles. The number of nitrogens with zero attached hydrogens (tertiary/aromatic N) is 1. The number of nitrogens with one attached hydrogen (secondary N) is 1. The molecule has 0 radical (unpaired) electrons. The summed E-state index contributed by atoms with van der Waals surface area (Å²) in [4.78, 5) is 51.4. The van der Waals surface area contributed by atoms with E-state index in [0.717, 1.165) is 10.5 Å². The number of carbonyl (C=O) groups excluding carboxylic acids is 3. The second kappa shape index (κ2) is 9.64. The lowest BCUT2D eigenvalue weighted by Crippen LogP contribution is -2.56. The largest absolute Gasteiger partial charge is 0.508 e. The molecule has 1 heterocycles. The SMILES string of the molecule is Cc1c(O)cccc1C(=O)NC(Cc1ccccc1)C(O)C(=O)N1CC(=O)C(C)(C)C1C(=O)O. The first kappa shape index (κ1) is 24.9. The maximum Gasteiger partial charge on any atom is 0.327 e. The van der Waals surface area contributed by atoms with Crippen LogP contribution >= 0.6 is 0 Å². The maximum absolute atomic E-state index is 13.2. The number of carboxylic acid groups (broad SMARTS) is 1. The first-order valence-electron chi connectivity index (χ1n) is 10.8. The molecule has 34 heavy (non-hydrogen) atoms. The molecule has 0 bridgehead atoms. The lowest BCUT2D eigenvalue weighted by Gasteiger charge is -2.31. The van der Waals surface area contributed by atoms with Crippen molar-refractivity contribution in [1.82, 2.24) is 10.2 Å². The summed E-state index contributed by atoms with van der Waals surface area (Å²) in [5, 5.41) is 33.3. The van der Waals surface area contributed by atoms with E-state index in [1.807, 2.05) is 0 Å². The van der Waals surface area contributed by atoms with Gasteiger partial charge < -0.3 is 25.5 Å². The van der Waals surface area contributed by atoms with Crippen molar-refractivity contribution in [2.45, 2.75) is 45.4 Å². The van der Waals surface area contributed by atoms with Gasteiger partial charge in [0.05, 0.1) is 18.0 Å². The Balaban J connectivity index is 1.91. The maximum atomic E-state index is 13.2. The Bertz CT molecular complexity index is 1110. The minimum Gasteiger partial charge on any atom is -0.508 e. The Morgan fingerprint density at radius 3 is 2.38 bits per heavy atom. The molecule has 9 heteroatoms. The number of rotatable bonds is 7. The summed E-state index contributed by atoms with van der Waals surface area (Å²) < 4.78 is 0. The predicted molar refractivity (Wildman–Crippen MR) is 122 cm³/mol. The van der Waals surface area contributed by atoms with Gasteiger partial charge >= 0.3 is 5.97 Å². The van der Waals surface area contributed by atoms with Crippen molar-refractivity contribution in [3.63, 3.8) is 0 Å². The molecular formula is C25H28N2O7. The number of aliphatic carboxylic acids is 1. The zero-order valence-corrected chi connectivity index (χ0v) is 19.2. The first-order valence-corrected chi connectivity index (χ1v) is 10.8. The number of hydrogen-bond donors (Lipinski definition) is 4. The Hall–Kier alpha value is -3.72. The number of phenols is 1. The highest BCUT2D eigenvalue weighted by Crippen LogP contribution is 2.34. The van der Waals surface area contributed by atoms with Crippen LogP contribution in [-0.4, -0.2) is 68.5 Å². The number of aliphatic hydroxyl groups is 1. The van der Waals surface area contributed by atoms with Crippen molar-refractivity contribution in [3.8, 4) is 5.75 Å². The molecule has 4 N–H and O–H groups in total. The third-order valence-electron chi connectivity index (χ3n) is 6.34. The fourth-order valence-corrected chi connectivity index (χ4v) is 4.21. The van der Waals surface area contributed by atoms with Crippen LogP contribution in [0, 0.1) is 12.3 Å². The second-order valence-electron chi connectivity index (χ2n) is 9.02. The number of ketones is 1. The van der Waals surface area contributed by atoms with E-state index in [1.54, 1.807) is 37.3 Å². The van der Waals surface area contributed by atoms with Gasteiger partial charge in [0.25, 0.3) is 11.8 Å². The van der Waals surface area contributed by atoms with E-state index in [4.69, 9.17) is 0 Å². The Labute approximate surface area is 197 Å². The van der Waals surface area contributed by atoms with Crippen LogP contribution in [0.4, 0.5) is 0 Å². The molecule has 3 atom stereocenters. The molecule has 2 aromatic carbocycles. The molecule has 3 unspecified atom stereocenters. The summed E-state index contributed by atoms with van der Waals surface area (Å²) in [6, 6.07) is 10.7. The average molecular weight is 469 g/mol. The van der Waals surface area contributed by atoms with Crippen LogP contribution in [-0.2, 0) is 20.8 Å². The molecule has 2 amide bonds. The minimum absolute atomic E-state index is 0.0697. The smallest absolute Gasteiger partial charge is 0.327 e. The lowest BCUT2D eigenvalue weighted by atomic mass is 9.83. The highest BCUT2D eigenvalue weighted by atomic mass is 16.4. The number of carbonyl (C=O) groups is 4. The van der Waals surface area contributed by atoms with E-state index in [1.165, 1.54) is 32.0 Å². The van der Waals surface area contributed by atoms with Crippen molar-refractivity contribution < 1.29 is 34.5 Å². The van der Waals surface area contributed by atoms with E-state index >= 15 is 0 Å². The molecule has 1 saturated heterocycles. The van der Waals surface area contributed by atoms with Gasteiger partial charge in [-0.05, 0) is 31.0 Å². The molecule has 3 rings (SSSR count). The summed E-state index contributed by atoms with van der Waals surface area (Å²) in [7, 11) is 0. The van der Waals surface area contributed by atoms with Crippen LogP contribution in [0.3, 0.4) is 0 Å². The van der Waals surface area contributed by atoms with Gasteiger partial charge in [0, 0.05) is 11.1 Å². The third kappa shape index (κ3) is 4.79. The van der Waals surface area contributed by atoms with Crippen LogP contribution in [0.1, 0.15) is 35.3 Å². The molecule has 1 aliphatic rings. The summed E-state index contributed by atoms with van der Waals surface area (Å²) in [6.07, 6.45) is -1.74. The number of Topliss-reactive ketones (excluding diaryl/α,β-unsaturated/α-hetero) is 1. The number of hydrogen-bond acceptors (Lipinski definition) is 6. The van der Waals surface area contributed by atoms with E-state index in [9.17, 15) is 34.5 Å². The van der Waals surface area contributed by atoms with Crippen molar-refractivity contribution in [1.29, 1.82) is 0 Å². The van der Waals surface area contributed by atoms with Crippen LogP contribution in [0.15, 0.2) is 48.5 Å². The normalized spacial score (nSPS) is 18.9. The zero-order valence-electron chi connectivity index (χ0n) is 19.2. The quantitative estimate of drug-likeness (QED) is 0.479. The topological polar surface area (TPSA) is 144 Å². The average Bonchev–Trinajstić information content (AvgIpc) is 3.03. The molecule has 2 aromatic rings. The van der Waals surface area contributed by atoms with Crippen LogP contribution in [0.5, 0.6) is 5.75 Å². The number of amides is 2. The third-order valence-corrected chi connectivity index (χ3v) is 6.34. The molecule has 0 aromatic heterocycles. The van der Waals surface area contributed by atoms with Crippen molar-refractivity contribution in [2.75, 3.05) is 6.54 Å². The van der Waals surface area contributed by atoms with Gasteiger partial charge in [-0.1, -0.05) is 50.2 Å². The van der Waals surface area contributed by atoms with Crippen molar-refractivity contribution in [2.24, 2.45) is 5.41 Å². The number of aromatic hydroxyl groups is 1. The fraction of sp³-hybridized carbons (Fsp3) is 0.360. The minimum atomic E-state index is -1.81. The van der Waals surface area contributed by atoms with Gasteiger partial charge in [-0.2, -0.15) is 0 Å². The summed E-state index contributed by atoms with van der Waals surface area (Å²) >= 11 is 0. The zero-order chi connectivity index (χ0) is 25.2. The van der Waals surface area contributed by atoms with Gasteiger partial charge in [0.1, 0.15) is 11.8 Å². The van der Waals surface area contributed by atoms with Crippen LogP contribution in [0.2, 0.25) is 0 Å². The van der Waals surface area contributed by atoms with E-state index < -0.39 is 53.7 Å². The number of benzene rings is 2. The summed E-state index contributed by atoms with van der Waals surface area (Å²) in [5.74, 6) is -3.44. The predicted octanol–water partition coefficient (Wildman–Crippen LogP) is 1.29. The van der Waals surface area contributed by atoms with Gasteiger partial charge in [-0.15, -0.1) is 0 Å². The molecule has 9 nitrogen and oxygen atoms in total. The number of likely N-dealkylation sites (tertiary alicyclic amines) is 1. The van der Waals surface area contributed by atoms with Crippen molar-refractivity contribution in [3.05, 3.63) is 65.2 Å². The monoisotopic (exact) mass is 468 g/mol. The highest BCUT2D eigenvalue weighted by Gasteiger charge is 2.54. The lowest BCUT2D eigenvalue weighted by molar-refractivity contribution is -0.155. The highest BCUT2D eigenvalue weighted by molar-refractivity contribution is 6.02. The fourth-order valence-electron chi connectivity index (χ4n) is 4.21. The summed E-state index contributed by atoms with van der Waals surface area (Å²) in [5.41, 5.74) is -0.103. The summed E-state index contributed by atoms with van der Waals surface area (Å²) in [6.45, 7) is 4.01. The number of aliphatic hydroxyl groups excluding tert-OH is 1. The molecular weight excluding hydrogens is 440 g/mol. The Morgan fingerprint density at radius 1 is 1.12 bits per heavy atom. The van der Waals surface area contributed by atoms with Crippen molar-refractivity contribution >= 4 is 23.6 Å².